The number of anilines is 2. The van der Waals surface area contributed by atoms with Gasteiger partial charge in [0.1, 0.15) is 12.6 Å². The number of methoxy groups -OCH3 is 2. The molecule has 1 fully saturated rings. The minimum Gasteiger partial charge on any atom is -0.493 e. The van der Waals surface area contributed by atoms with Gasteiger partial charge in [-0.3, -0.25) is 19.3 Å². The van der Waals surface area contributed by atoms with Crippen molar-refractivity contribution in [3.05, 3.63) is 47.5 Å². The van der Waals surface area contributed by atoms with Gasteiger partial charge in [-0.1, -0.05) is 6.07 Å². The molecular weight excluding hydrogens is 460 g/mol. The number of piperidine rings is 1. The third-order valence-electron chi connectivity index (χ3n) is 6.77. The number of hydrogen-bond acceptors (Lipinski definition) is 6. The van der Waals surface area contributed by atoms with Crippen molar-refractivity contribution in [1.29, 1.82) is 0 Å². The Balaban J connectivity index is 1.49. The van der Waals surface area contributed by atoms with Crippen molar-refractivity contribution >= 4 is 29.1 Å². The molecule has 0 aromatic heterocycles. The molecule has 2 heterocycles. The summed E-state index contributed by atoms with van der Waals surface area (Å²) < 4.78 is 10.6. The van der Waals surface area contributed by atoms with Gasteiger partial charge < -0.3 is 24.6 Å². The van der Waals surface area contributed by atoms with E-state index in [1.807, 2.05) is 24.3 Å². The van der Waals surface area contributed by atoms with E-state index in [1.54, 1.807) is 45.3 Å². The Hall–Kier alpha value is -3.75. The number of fused-ring (bicyclic) bond motifs is 3. The van der Waals surface area contributed by atoms with E-state index in [1.165, 1.54) is 4.90 Å². The highest BCUT2D eigenvalue weighted by molar-refractivity contribution is 6.09. The van der Waals surface area contributed by atoms with E-state index in [4.69, 9.17) is 9.47 Å². The van der Waals surface area contributed by atoms with Crippen LogP contribution in [-0.2, 0) is 16.0 Å². The Morgan fingerprint density at radius 3 is 2.53 bits per heavy atom. The fraction of sp³-hybridized carbons (Fsp3) is 0.444. The van der Waals surface area contributed by atoms with Crippen LogP contribution in [-0.4, -0.2) is 76.6 Å². The maximum atomic E-state index is 13.5. The van der Waals surface area contributed by atoms with Gasteiger partial charge in [-0.2, -0.15) is 0 Å². The van der Waals surface area contributed by atoms with Crippen molar-refractivity contribution < 1.29 is 23.9 Å². The van der Waals surface area contributed by atoms with Crippen LogP contribution in [0.1, 0.15) is 35.2 Å². The summed E-state index contributed by atoms with van der Waals surface area (Å²) in [6.45, 7) is 1.11. The number of nitrogens with one attached hydrogen (secondary N) is 1. The summed E-state index contributed by atoms with van der Waals surface area (Å²) in [5.41, 5.74) is 2.99. The molecule has 3 amide bonds. The Kier molecular flexibility index (Phi) is 7.67. The molecule has 2 aliphatic rings. The monoisotopic (exact) mass is 494 g/mol. The first-order chi connectivity index (χ1) is 17.3. The Morgan fingerprint density at radius 2 is 1.81 bits per heavy atom. The van der Waals surface area contributed by atoms with Crippen LogP contribution in [0.5, 0.6) is 11.5 Å². The van der Waals surface area contributed by atoms with Crippen LogP contribution in [0, 0.1) is 0 Å². The van der Waals surface area contributed by atoms with Gasteiger partial charge in [0.15, 0.2) is 11.5 Å². The van der Waals surface area contributed by atoms with Crippen LogP contribution in [0.2, 0.25) is 0 Å². The van der Waals surface area contributed by atoms with Gasteiger partial charge in [-0.15, -0.1) is 0 Å². The van der Waals surface area contributed by atoms with E-state index in [-0.39, 0.29) is 30.3 Å². The van der Waals surface area contributed by atoms with Crippen molar-refractivity contribution in [2.45, 2.75) is 31.7 Å². The molecule has 2 aliphatic heterocycles. The Morgan fingerprint density at radius 1 is 1.03 bits per heavy atom. The zero-order chi connectivity index (χ0) is 25.8. The normalized spacial score (nSPS) is 16.7. The summed E-state index contributed by atoms with van der Waals surface area (Å²) in [6, 6.07) is 10.8. The number of hydrogen-bond donors (Lipinski definition) is 1. The molecule has 0 aliphatic carbocycles. The number of carbonyl (C=O) groups is 3. The minimum absolute atomic E-state index is 0.0910. The molecule has 9 heteroatoms. The largest absolute Gasteiger partial charge is 0.493 e. The summed E-state index contributed by atoms with van der Waals surface area (Å²) in [7, 11) is 6.56. The minimum atomic E-state index is -0.277. The Labute approximate surface area is 211 Å². The summed E-state index contributed by atoms with van der Waals surface area (Å²) in [4.78, 5) is 44.2. The smallest absolute Gasteiger partial charge is 0.253 e. The van der Waals surface area contributed by atoms with Gasteiger partial charge in [0.05, 0.1) is 25.6 Å². The predicted octanol–water partition coefficient (Wildman–Crippen LogP) is 2.47. The second-order valence-electron chi connectivity index (χ2n) is 9.32. The van der Waals surface area contributed by atoms with Gasteiger partial charge in [0, 0.05) is 32.7 Å². The second-order valence-corrected chi connectivity index (χ2v) is 9.32. The highest BCUT2D eigenvalue weighted by Crippen LogP contribution is 2.40. The van der Waals surface area contributed by atoms with Gasteiger partial charge in [-0.05, 0) is 61.6 Å². The number of rotatable bonds is 8. The zero-order valence-corrected chi connectivity index (χ0v) is 21.4. The molecule has 192 valence electrons. The molecule has 4 rings (SSSR count). The fourth-order valence-corrected chi connectivity index (χ4v) is 4.89. The van der Waals surface area contributed by atoms with E-state index in [0.29, 0.717) is 35.7 Å². The molecule has 1 atom stereocenters. The van der Waals surface area contributed by atoms with Crippen LogP contribution in [0.15, 0.2) is 36.4 Å². The molecule has 0 saturated carbocycles. The van der Waals surface area contributed by atoms with E-state index in [9.17, 15) is 14.4 Å². The van der Waals surface area contributed by atoms with Gasteiger partial charge in [-0.25, -0.2) is 0 Å². The van der Waals surface area contributed by atoms with Crippen LogP contribution in [0.25, 0.3) is 0 Å². The van der Waals surface area contributed by atoms with Crippen molar-refractivity contribution in [2.24, 2.45) is 0 Å². The molecule has 9 nitrogen and oxygen atoms in total. The lowest BCUT2D eigenvalue weighted by molar-refractivity contribution is -0.124. The van der Waals surface area contributed by atoms with E-state index >= 15 is 0 Å². The highest BCUT2D eigenvalue weighted by Gasteiger charge is 2.40. The van der Waals surface area contributed by atoms with E-state index in [0.717, 1.165) is 37.1 Å². The standard InChI is InChI=1S/C27H34N4O5/c1-29(2)26(33)19-9-10-20-22(16-19)31(27(34)21-7-5-6-14-30(20)21)17-25(32)28-13-12-18-8-11-23(35-3)24(15-18)36-4/h8-11,15-16,21H,5-7,12-14,17H2,1-4H3,(H,28,32)/t21-/m1/s1. The molecule has 1 saturated heterocycles. The Bertz CT molecular complexity index is 1150. The number of nitrogens with zero attached hydrogens (tertiary/aromatic N) is 3. The first kappa shape index (κ1) is 25.3. The van der Waals surface area contributed by atoms with Gasteiger partial charge in [0.25, 0.3) is 5.91 Å². The molecule has 1 N–H and O–H groups in total. The third kappa shape index (κ3) is 5.10. The van der Waals surface area contributed by atoms with Crippen molar-refractivity contribution in [2.75, 3.05) is 57.7 Å². The SMILES string of the molecule is COc1ccc(CCNC(=O)CN2C(=O)[C@H]3CCCCN3c3ccc(C(=O)N(C)C)cc32)cc1OC. The molecular formula is C27H34N4O5. The fourth-order valence-electron chi connectivity index (χ4n) is 4.89. The highest BCUT2D eigenvalue weighted by atomic mass is 16.5. The first-order valence-electron chi connectivity index (χ1n) is 12.3. The maximum absolute atomic E-state index is 13.5. The quantitative estimate of drug-likeness (QED) is 0.606. The second kappa shape index (κ2) is 10.9. The molecule has 0 unspecified atom stereocenters. The number of benzene rings is 2. The number of amides is 3. The van der Waals surface area contributed by atoms with Gasteiger partial charge in [0.2, 0.25) is 11.8 Å². The van der Waals surface area contributed by atoms with Crippen LogP contribution >= 0.6 is 0 Å². The van der Waals surface area contributed by atoms with Crippen LogP contribution in [0.3, 0.4) is 0 Å². The molecule has 2 aromatic rings. The molecule has 2 aromatic carbocycles. The third-order valence-corrected chi connectivity index (χ3v) is 6.77. The number of ether oxygens (including phenoxy) is 2. The average molecular weight is 495 g/mol. The first-order valence-corrected chi connectivity index (χ1v) is 12.3. The van der Waals surface area contributed by atoms with Crippen molar-refractivity contribution in [3.63, 3.8) is 0 Å². The van der Waals surface area contributed by atoms with E-state index < -0.39 is 0 Å². The van der Waals surface area contributed by atoms with Crippen molar-refractivity contribution in [1.82, 2.24) is 10.2 Å². The summed E-state index contributed by atoms with van der Waals surface area (Å²) in [6.07, 6.45) is 3.35. The topological polar surface area (TPSA) is 91.4 Å². The van der Waals surface area contributed by atoms with Gasteiger partial charge >= 0.3 is 0 Å². The molecule has 36 heavy (non-hydrogen) atoms. The average Bonchev–Trinajstić information content (AvgIpc) is 2.90. The maximum Gasteiger partial charge on any atom is 0.253 e. The summed E-state index contributed by atoms with van der Waals surface area (Å²) >= 11 is 0. The molecule has 0 radical (unpaired) electrons. The van der Waals surface area contributed by atoms with Crippen LogP contribution < -0.4 is 24.6 Å². The van der Waals surface area contributed by atoms with Crippen LogP contribution in [0.4, 0.5) is 11.4 Å². The van der Waals surface area contributed by atoms with E-state index in [2.05, 4.69) is 10.2 Å². The predicted molar refractivity (Wildman–Crippen MR) is 138 cm³/mol. The molecule has 0 bridgehead atoms. The molecule has 0 spiro atoms. The lowest BCUT2D eigenvalue weighted by Crippen LogP contribution is -2.57. The number of carbonyl (C=O) groups excluding carboxylic acids is 3. The lowest BCUT2D eigenvalue weighted by Gasteiger charge is -2.45. The lowest BCUT2D eigenvalue weighted by atomic mass is 9.95. The summed E-state index contributed by atoms with van der Waals surface area (Å²) in [5.74, 6) is 0.800. The summed E-state index contributed by atoms with van der Waals surface area (Å²) in [5, 5.41) is 2.93. The van der Waals surface area contributed by atoms with Crippen molar-refractivity contribution in [3.8, 4) is 11.5 Å². The zero-order valence-electron chi connectivity index (χ0n) is 21.4.